The number of carbonyl (C=O) groups is 1. The van der Waals surface area contributed by atoms with E-state index in [2.05, 4.69) is 4.98 Å². The van der Waals surface area contributed by atoms with E-state index in [1.165, 1.54) is 6.07 Å². The second kappa shape index (κ2) is 9.09. The van der Waals surface area contributed by atoms with E-state index in [1.54, 1.807) is 31.3 Å². The van der Waals surface area contributed by atoms with E-state index in [-0.39, 0.29) is 18.9 Å². The Bertz CT molecular complexity index is 1410. The molecule has 8 heteroatoms. The summed E-state index contributed by atoms with van der Waals surface area (Å²) in [5, 5.41) is 10.2. The van der Waals surface area contributed by atoms with Crippen molar-refractivity contribution in [3.8, 4) is 5.75 Å². The largest absolute Gasteiger partial charge is 0.482 e. The second-order valence-electron chi connectivity index (χ2n) is 9.79. The Labute approximate surface area is 208 Å². The first kappa shape index (κ1) is 24.1. The number of aliphatic hydroxyl groups is 1. The first-order valence-corrected chi connectivity index (χ1v) is 12.3. The molecule has 0 bridgehead atoms. The van der Waals surface area contributed by atoms with Gasteiger partial charge in [-0.3, -0.25) is 0 Å². The van der Waals surface area contributed by atoms with Crippen LogP contribution in [-0.2, 0) is 16.0 Å². The smallest absolute Gasteiger partial charge is 0.336 e. The molecule has 3 unspecified atom stereocenters. The average Bonchev–Trinajstić information content (AvgIpc) is 3.22. The van der Waals surface area contributed by atoms with Crippen LogP contribution in [0.4, 0.5) is 5.82 Å². The molecule has 8 nitrogen and oxygen atoms in total. The molecule has 1 aliphatic carbocycles. The lowest BCUT2D eigenvalue weighted by Gasteiger charge is -2.52. The molecule has 3 N–H and O–H groups in total. The molecule has 3 atom stereocenters. The highest BCUT2D eigenvalue weighted by molar-refractivity contribution is 5.89. The van der Waals surface area contributed by atoms with Crippen molar-refractivity contribution in [3.63, 3.8) is 0 Å². The first-order valence-electron chi connectivity index (χ1n) is 12.3. The Morgan fingerprint density at radius 2 is 2.14 bits per heavy atom. The van der Waals surface area contributed by atoms with Crippen molar-refractivity contribution in [2.45, 2.75) is 63.1 Å². The molecule has 3 heterocycles. The highest BCUT2D eigenvalue weighted by atomic mass is 16.6. The number of esters is 1. The standard InChI is InChI=1S/C28H30N2O6/c1-3-17(9-12-31)26(33)36-27(2)10-4-5-21(18-8-11-30-24(29)14-18)28(27)16-20-13-19-6-7-25(32)34-22(19)15-23(20)35-28/h3,6-8,11,13-15,21,31H,4-5,9-10,12,16H2,1-2H3,(H2,29,30). The fraction of sp³-hybridized carbons (Fsp3) is 0.393. The van der Waals surface area contributed by atoms with Gasteiger partial charge in [0, 0.05) is 54.7 Å². The number of pyridine rings is 1. The topological polar surface area (TPSA) is 125 Å². The number of aromatic nitrogens is 1. The molecule has 0 saturated heterocycles. The Morgan fingerprint density at radius 3 is 2.89 bits per heavy atom. The van der Waals surface area contributed by atoms with Crippen LogP contribution in [0.2, 0.25) is 0 Å². The minimum Gasteiger partial charge on any atom is -0.482 e. The van der Waals surface area contributed by atoms with Crippen molar-refractivity contribution >= 4 is 22.8 Å². The van der Waals surface area contributed by atoms with Gasteiger partial charge in [-0.25, -0.2) is 14.6 Å². The summed E-state index contributed by atoms with van der Waals surface area (Å²) in [6.45, 7) is 3.55. The number of nitrogens with zero attached hydrogens (tertiary/aromatic N) is 1. The molecule has 3 aromatic rings. The van der Waals surface area contributed by atoms with Gasteiger partial charge in [0.15, 0.2) is 5.60 Å². The first-order chi connectivity index (χ1) is 17.3. The quantitative estimate of drug-likeness (QED) is 0.312. The Morgan fingerprint density at radius 1 is 1.31 bits per heavy atom. The number of aliphatic hydroxyl groups excluding tert-OH is 1. The summed E-state index contributed by atoms with van der Waals surface area (Å²) < 4.78 is 18.5. The molecule has 0 amide bonds. The number of nitrogens with two attached hydrogens (primary N) is 1. The maximum atomic E-state index is 13.2. The van der Waals surface area contributed by atoms with Gasteiger partial charge in [0.05, 0.1) is 0 Å². The van der Waals surface area contributed by atoms with Crippen LogP contribution in [0.15, 0.2) is 63.5 Å². The van der Waals surface area contributed by atoms with Crippen molar-refractivity contribution < 1.29 is 23.8 Å². The van der Waals surface area contributed by atoms with Crippen LogP contribution in [0, 0.1) is 0 Å². The molecular weight excluding hydrogens is 460 g/mol. The number of anilines is 1. The molecule has 2 aliphatic rings. The highest BCUT2D eigenvalue weighted by Crippen LogP contribution is 2.56. The monoisotopic (exact) mass is 490 g/mol. The Hall–Kier alpha value is -3.65. The number of ether oxygens (including phenoxy) is 2. The van der Waals surface area contributed by atoms with Gasteiger partial charge in [-0.15, -0.1) is 0 Å². The molecule has 1 aromatic carbocycles. The van der Waals surface area contributed by atoms with Gasteiger partial charge in [-0.05, 0) is 68.5 Å². The number of carbonyl (C=O) groups excluding carboxylic acids is 1. The third-order valence-corrected chi connectivity index (χ3v) is 7.67. The van der Waals surface area contributed by atoms with E-state index in [1.807, 2.05) is 25.1 Å². The predicted octanol–water partition coefficient (Wildman–Crippen LogP) is 4.04. The van der Waals surface area contributed by atoms with E-state index in [4.69, 9.17) is 19.6 Å². The number of allylic oxidation sites excluding steroid dienone is 1. The zero-order chi connectivity index (χ0) is 25.5. The predicted molar refractivity (Wildman–Crippen MR) is 135 cm³/mol. The highest BCUT2D eigenvalue weighted by Gasteiger charge is 2.63. The third-order valence-electron chi connectivity index (χ3n) is 7.67. The van der Waals surface area contributed by atoms with Crippen molar-refractivity contribution in [1.82, 2.24) is 4.98 Å². The molecule has 36 heavy (non-hydrogen) atoms. The van der Waals surface area contributed by atoms with Crippen LogP contribution < -0.4 is 16.1 Å². The van der Waals surface area contributed by atoms with Gasteiger partial charge in [0.2, 0.25) is 0 Å². The van der Waals surface area contributed by atoms with Gasteiger partial charge in [-0.2, -0.15) is 0 Å². The summed E-state index contributed by atoms with van der Waals surface area (Å²) in [7, 11) is 0. The minimum absolute atomic E-state index is 0.135. The lowest BCUT2D eigenvalue weighted by atomic mass is 9.62. The molecule has 1 aliphatic heterocycles. The summed E-state index contributed by atoms with van der Waals surface area (Å²) in [6, 6.07) is 10.6. The molecule has 0 radical (unpaired) electrons. The van der Waals surface area contributed by atoms with Gasteiger partial charge < -0.3 is 24.7 Å². The van der Waals surface area contributed by atoms with Crippen LogP contribution in [-0.4, -0.2) is 33.9 Å². The molecule has 1 saturated carbocycles. The van der Waals surface area contributed by atoms with Crippen LogP contribution >= 0.6 is 0 Å². The maximum Gasteiger partial charge on any atom is 0.336 e. The minimum atomic E-state index is -0.985. The number of benzene rings is 1. The second-order valence-corrected chi connectivity index (χ2v) is 9.79. The summed E-state index contributed by atoms with van der Waals surface area (Å²) >= 11 is 0. The Balaban J connectivity index is 1.63. The number of nitrogen functional groups attached to an aromatic ring is 1. The van der Waals surface area contributed by atoms with Crippen LogP contribution in [0.3, 0.4) is 0 Å². The molecule has 1 fully saturated rings. The zero-order valence-corrected chi connectivity index (χ0v) is 20.5. The lowest BCUT2D eigenvalue weighted by molar-refractivity contribution is -0.193. The molecule has 2 aromatic heterocycles. The number of hydrogen-bond donors (Lipinski definition) is 2. The summed E-state index contributed by atoms with van der Waals surface area (Å²) in [4.78, 5) is 29.2. The molecule has 188 valence electrons. The SMILES string of the molecule is CC=C(CCO)C(=O)OC1(C)CCCC(c2ccnc(N)c2)C12Cc1cc3ccc(=O)oc3cc1O2. The van der Waals surface area contributed by atoms with Crippen LogP contribution in [0.25, 0.3) is 11.0 Å². The Kier molecular flexibility index (Phi) is 6.08. The van der Waals surface area contributed by atoms with E-state index < -0.39 is 22.8 Å². The van der Waals surface area contributed by atoms with Gasteiger partial charge in [0.25, 0.3) is 0 Å². The van der Waals surface area contributed by atoms with Crippen LogP contribution in [0.1, 0.15) is 56.6 Å². The van der Waals surface area contributed by atoms with E-state index >= 15 is 0 Å². The van der Waals surface area contributed by atoms with E-state index in [0.29, 0.717) is 35.6 Å². The zero-order valence-electron chi connectivity index (χ0n) is 20.5. The van der Waals surface area contributed by atoms with E-state index in [9.17, 15) is 14.7 Å². The third kappa shape index (κ3) is 3.95. The van der Waals surface area contributed by atoms with Crippen molar-refractivity contribution in [2.24, 2.45) is 0 Å². The number of fused-ring (bicyclic) bond motifs is 2. The van der Waals surface area contributed by atoms with Gasteiger partial charge in [0.1, 0.15) is 22.8 Å². The lowest BCUT2D eigenvalue weighted by Crippen LogP contribution is -2.63. The average molecular weight is 491 g/mol. The van der Waals surface area contributed by atoms with E-state index in [0.717, 1.165) is 29.4 Å². The summed E-state index contributed by atoms with van der Waals surface area (Å²) in [5.41, 5.74) is 6.49. The van der Waals surface area contributed by atoms with Gasteiger partial charge in [-0.1, -0.05) is 6.08 Å². The normalized spacial score (nSPS) is 25.5. The van der Waals surface area contributed by atoms with Crippen molar-refractivity contribution in [2.75, 3.05) is 12.3 Å². The number of hydrogen-bond acceptors (Lipinski definition) is 8. The van der Waals surface area contributed by atoms with Gasteiger partial charge >= 0.3 is 11.6 Å². The molecule has 1 spiro atoms. The van der Waals surface area contributed by atoms with Crippen molar-refractivity contribution in [3.05, 3.63) is 75.8 Å². The fourth-order valence-corrected chi connectivity index (χ4v) is 5.85. The fourth-order valence-electron chi connectivity index (χ4n) is 5.85. The molecule has 5 rings (SSSR count). The number of rotatable bonds is 5. The summed E-state index contributed by atoms with van der Waals surface area (Å²) in [5.74, 6) is 0.423. The maximum absolute atomic E-state index is 13.2. The summed E-state index contributed by atoms with van der Waals surface area (Å²) in [6.07, 6.45) is 6.31. The molecular formula is C28H30N2O6. The van der Waals surface area contributed by atoms with Crippen LogP contribution in [0.5, 0.6) is 5.75 Å². The van der Waals surface area contributed by atoms with Crippen molar-refractivity contribution in [1.29, 1.82) is 0 Å².